The molecule has 19 heavy (non-hydrogen) atoms. The van der Waals surface area contributed by atoms with Crippen LogP contribution in [0.15, 0.2) is 18.2 Å². The Hall–Kier alpha value is -1.59. The molecule has 102 valence electrons. The normalized spacial score (nSPS) is 20.4. The van der Waals surface area contributed by atoms with Gasteiger partial charge in [0.1, 0.15) is 0 Å². The second-order valence-electron chi connectivity index (χ2n) is 4.60. The highest BCUT2D eigenvalue weighted by atomic mass is 35.5. The van der Waals surface area contributed by atoms with Gasteiger partial charge in [-0.05, 0) is 24.1 Å². The fourth-order valence-electron chi connectivity index (χ4n) is 2.26. The van der Waals surface area contributed by atoms with Crippen LogP contribution in [0.25, 0.3) is 0 Å². The number of piperazine rings is 1. The van der Waals surface area contributed by atoms with E-state index in [9.17, 15) is 9.59 Å². The number of halogens is 1. The van der Waals surface area contributed by atoms with Crippen LogP contribution in [0.1, 0.15) is 18.9 Å². The Labute approximate surface area is 116 Å². The number of nitrogens with zero attached hydrogens (tertiary/aromatic N) is 1. The van der Waals surface area contributed by atoms with Crippen molar-refractivity contribution in [2.45, 2.75) is 25.9 Å². The molecule has 1 aliphatic rings. The number of hydrogen-bond donors (Lipinski definition) is 2. The van der Waals surface area contributed by atoms with Crippen LogP contribution < -0.4 is 11.1 Å². The van der Waals surface area contributed by atoms with Gasteiger partial charge in [-0.25, -0.2) is 0 Å². The van der Waals surface area contributed by atoms with Crippen molar-refractivity contribution in [2.75, 3.05) is 12.3 Å². The largest absolute Gasteiger partial charge is 0.398 e. The zero-order chi connectivity index (χ0) is 14.0. The molecule has 5 nitrogen and oxygen atoms in total. The molecule has 2 rings (SSSR count). The average molecular weight is 282 g/mol. The molecule has 1 aromatic carbocycles. The Morgan fingerprint density at radius 2 is 2.21 bits per heavy atom. The predicted molar refractivity (Wildman–Crippen MR) is 73.5 cm³/mol. The number of rotatable bonds is 3. The predicted octanol–water partition coefficient (Wildman–Crippen LogP) is 1.16. The molecular weight excluding hydrogens is 266 g/mol. The van der Waals surface area contributed by atoms with Crippen LogP contribution >= 0.6 is 11.6 Å². The first kappa shape index (κ1) is 13.8. The van der Waals surface area contributed by atoms with Crippen molar-refractivity contribution in [3.05, 3.63) is 28.8 Å². The Balaban J connectivity index is 2.17. The molecule has 3 N–H and O–H groups in total. The summed E-state index contributed by atoms with van der Waals surface area (Å²) in [6.45, 7) is 2.63. The fraction of sp³-hybridized carbons (Fsp3) is 0.385. The summed E-state index contributed by atoms with van der Waals surface area (Å²) in [6.07, 6.45) is 0.655. The van der Waals surface area contributed by atoms with Gasteiger partial charge in [0.2, 0.25) is 11.8 Å². The van der Waals surface area contributed by atoms with Crippen molar-refractivity contribution in [3.8, 4) is 0 Å². The highest BCUT2D eigenvalue weighted by Crippen LogP contribution is 2.21. The highest BCUT2D eigenvalue weighted by Gasteiger charge is 2.32. The Kier molecular flexibility index (Phi) is 4.07. The molecule has 1 aromatic rings. The average Bonchev–Trinajstić information content (AvgIpc) is 2.33. The van der Waals surface area contributed by atoms with Gasteiger partial charge in [-0.2, -0.15) is 0 Å². The number of carbonyl (C=O) groups excluding carboxylic acids is 2. The second-order valence-corrected chi connectivity index (χ2v) is 5.00. The summed E-state index contributed by atoms with van der Waals surface area (Å²) in [4.78, 5) is 25.0. The number of carbonyl (C=O) groups is 2. The van der Waals surface area contributed by atoms with Gasteiger partial charge in [0.05, 0.1) is 23.3 Å². The van der Waals surface area contributed by atoms with Crippen molar-refractivity contribution in [2.24, 2.45) is 0 Å². The number of nitrogens with two attached hydrogens (primary N) is 1. The van der Waals surface area contributed by atoms with Crippen LogP contribution in [0.2, 0.25) is 5.02 Å². The van der Waals surface area contributed by atoms with Crippen LogP contribution in [-0.2, 0) is 16.1 Å². The van der Waals surface area contributed by atoms with Gasteiger partial charge >= 0.3 is 0 Å². The zero-order valence-corrected chi connectivity index (χ0v) is 11.4. The van der Waals surface area contributed by atoms with Crippen molar-refractivity contribution >= 4 is 29.1 Å². The maximum Gasteiger partial charge on any atom is 0.243 e. The van der Waals surface area contributed by atoms with E-state index in [2.05, 4.69) is 5.32 Å². The fourth-order valence-corrected chi connectivity index (χ4v) is 2.37. The SMILES string of the molecule is CCC1C(=O)NC(=O)CN1Cc1ccc(Cl)c(N)c1. The number of hydrogen-bond acceptors (Lipinski definition) is 4. The number of benzene rings is 1. The third kappa shape index (κ3) is 3.05. The number of amides is 2. The van der Waals surface area contributed by atoms with Gasteiger partial charge in [-0.3, -0.25) is 19.8 Å². The molecule has 0 aromatic heterocycles. The molecular formula is C13H16ClN3O2. The van der Waals surface area contributed by atoms with Gasteiger partial charge < -0.3 is 5.73 Å². The molecule has 1 saturated heterocycles. The Morgan fingerprint density at radius 3 is 2.84 bits per heavy atom. The van der Waals surface area contributed by atoms with Crippen molar-refractivity contribution in [1.29, 1.82) is 0 Å². The summed E-state index contributed by atoms with van der Waals surface area (Å²) in [6, 6.07) is 5.06. The monoisotopic (exact) mass is 281 g/mol. The Morgan fingerprint density at radius 1 is 1.47 bits per heavy atom. The number of imide groups is 1. The number of anilines is 1. The summed E-state index contributed by atoms with van der Waals surface area (Å²) in [5.41, 5.74) is 7.18. The molecule has 1 fully saturated rings. The molecule has 1 aliphatic heterocycles. The van der Waals surface area contributed by atoms with E-state index in [0.717, 1.165) is 5.56 Å². The van der Waals surface area contributed by atoms with Crippen LogP contribution in [0.3, 0.4) is 0 Å². The Bertz CT molecular complexity index is 519. The maximum atomic E-state index is 11.7. The van der Waals surface area contributed by atoms with E-state index in [-0.39, 0.29) is 24.4 Å². The smallest absolute Gasteiger partial charge is 0.243 e. The summed E-state index contributed by atoms with van der Waals surface area (Å²) in [5.74, 6) is -0.502. The summed E-state index contributed by atoms with van der Waals surface area (Å²) in [7, 11) is 0. The number of nitrogens with one attached hydrogen (secondary N) is 1. The van der Waals surface area contributed by atoms with E-state index in [1.165, 1.54) is 0 Å². The third-order valence-corrected chi connectivity index (χ3v) is 3.53. The molecule has 1 unspecified atom stereocenters. The van der Waals surface area contributed by atoms with E-state index >= 15 is 0 Å². The van der Waals surface area contributed by atoms with Crippen molar-refractivity contribution in [3.63, 3.8) is 0 Å². The van der Waals surface area contributed by atoms with Gasteiger partial charge in [0.15, 0.2) is 0 Å². The topological polar surface area (TPSA) is 75.4 Å². The lowest BCUT2D eigenvalue weighted by atomic mass is 10.1. The molecule has 0 spiro atoms. The van der Waals surface area contributed by atoms with Gasteiger partial charge in [0, 0.05) is 6.54 Å². The minimum Gasteiger partial charge on any atom is -0.398 e. The van der Waals surface area contributed by atoms with Gasteiger partial charge in [-0.1, -0.05) is 24.6 Å². The molecule has 0 radical (unpaired) electrons. The van der Waals surface area contributed by atoms with E-state index in [0.29, 0.717) is 23.7 Å². The minimum atomic E-state index is -0.283. The third-order valence-electron chi connectivity index (χ3n) is 3.19. The second kappa shape index (κ2) is 5.59. The first-order valence-corrected chi connectivity index (χ1v) is 6.50. The number of nitrogen functional groups attached to an aromatic ring is 1. The molecule has 0 saturated carbocycles. The first-order valence-electron chi connectivity index (χ1n) is 6.13. The summed E-state index contributed by atoms with van der Waals surface area (Å²) in [5, 5.41) is 2.85. The van der Waals surface area contributed by atoms with Crippen molar-refractivity contribution < 1.29 is 9.59 Å². The van der Waals surface area contributed by atoms with E-state index in [4.69, 9.17) is 17.3 Å². The van der Waals surface area contributed by atoms with E-state index in [1.807, 2.05) is 17.9 Å². The lowest BCUT2D eigenvalue weighted by Gasteiger charge is -2.33. The molecule has 0 aliphatic carbocycles. The van der Waals surface area contributed by atoms with Crippen LogP contribution in [0, 0.1) is 0 Å². The molecule has 0 bridgehead atoms. The van der Waals surface area contributed by atoms with Gasteiger partial charge in [0.25, 0.3) is 0 Å². The van der Waals surface area contributed by atoms with Crippen LogP contribution in [0.5, 0.6) is 0 Å². The first-order chi connectivity index (χ1) is 9.01. The summed E-state index contributed by atoms with van der Waals surface area (Å²) >= 11 is 5.87. The molecule has 1 atom stereocenters. The molecule has 1 heterocycles. The highest BCUT2D eigenvalue weighted by molar-refractivity contribution is 6.33. The van der Waals surface area contributed by atoms with Gasteiger partial charge in [-0.15, -0.1) is 0 Å². The van der Waals surface area contributed by atoms with E-state index in [1.54, 1.807) is 12.1 Å². The lowest BCUT2D eigenvalue weighted by Crippen LogP contribution is -2.57. The summed E-state index contributed by atoms with van der Waals surface area (Å²) < 4.78 is 0. The lowest BCUT2D eigenvalue weighted by molar-refractivity contribution is -0.140. The molecule has 6 heteroatoms. The van der Waals surface area contributed by atoms with E-state index < -0.39 is 0 Å². The van der Waals surface area contributed by atoms with Crippen LogP contribution in [-0.4, -0.2) is 29.3 Å². The quantitative estimate of drug-likeness (QED) is 0.644. The van der Waals surface area contributed by atoms with Crippen LogP contribution in [0.4, 0.5) is 5.69 Å². The van der Waals surface area contributed by atoms with Crippen molar-refractivity contribution in [1.82, 2.24) is 10.2 Å². The standard InChI is InChI=1S/C13H16ClN3O2/c1-2-11-13(19)16-12(18)7-17(11)6-8-3-4-9(14)10(15)5-8/h3-5,11H,2,6-7,15H2,1H3,(H,16,18,19). The maximum absolute atomic E-state index is 11.7. The molecule has 2 amide bonds. The minimum absolute atomic E-state index is 0.215. The zero-order valence-electron chi connectivity index (χ0n) is 10.6.